The minimum Gasteiger partial charge on any atom is -0.488 e. The van der Waals surface area contributed by atoms with Crippen LogP contribution in [0.25, 0.3) is 0 Å². The van der Waals surface area contributed by atoms with Crippen LogP contribution in [0, 0.1) is 0 Å². The molecule has 0 saturated carbocycles. The van der Waals surface area contributed by atoms with E-state index in [1.807, 2.05) is 26.0 Å². The van der Waals surface area contributed by atoms with Gasteiger partial charge in [-0.2, -0.15) is 0 Å². The maximum Gasteiger partial charge on any atom is 0.342 e. The minimum absolute atomic E-state index is 0.0571. The molecule has 2 atom stereocenters. The third kappa shape index (κ3) is 6.71. The van der Waals surface area contributed by atoms with E-state index in [1.165, 1.54) is 0 Å². The van der Waals surface area contributed by atoms with Gasteiger partial charge in [0.05, 0.1) is 11.5 Å². The summed E-state index contributed by atoms with van der Waals surface area (Å²) < 4.78 is 34.9. The highest BCUT2D eigenvalue weighted by molar-refractivity contribution is 7.91. The normalized spacial score (nSPS) is 17.8. The van der Waals surface area contributed by atoms with Crippen molar-refractivity contribution in [2.75, 3.05) is 18.1 Å². The summed E-state index contributed by atoms with van der Waals surface area (Å²) in [6.45, 7) is 3.56. The fourth-order valence-corrected chi connectivity index (χ4v) is 5.62. The lowest BCUT2D eigenvalue weighted by molar-refractivity contribution is -0.138. The van der Waals surface area contributed by atoms with E-state index >= 15 is 0 Å². The fourth-order valence-electron chi connectivity index (χ4n) is 3.78. The first kappa shape index (κ1) is 25.1. The Morgan fingerprint density at radius 3 is 2.48 bits per heavy atom. The van der Waals surface area contributed by atoms with Gasteiger partial charge in [0, 0.05) is 17.1 Å². The lowest BCUT2D eigenvalue weighted by atomic mass is 10.1. The number of halogens is 1. The van der Waals surface area contributed by atoms with Gasteiger partial charge in [0.1, 0.15) is 17.9 Å². The number of esters is 1. The molecule has 7 nitrogen and oxygen atoms in total. The standard InChI is InChI=1S/C24H28ClNO6S/c1-3-17(2)26(20-12-13-33(29,30)16-20)23(27)15-32-24(28)21-6-4-5-7-22(21)31-14-18-8-10-19(25)11-9-18/h4-11,17,20H,3,12-16H2,1-2H3. The number of benzene rings is 2. The maximum absolute atomic E-state index is 12.9. The molecule has 1 amide bonds. The SMILES string of the molecule is CCC(C)N(C(=O)COC(=O)c1ccccc1OCc1ccc(Cl)cc1)C1CCS(=O)(=O)C1. The number of hydrogen-bond donors (Lipinski definition) is 0. The topological polar surface area (TPSA) is 90.0 Å². The molecule has 2 aromatic rings. The number of sulfone groups is 1. The first-order valence-electron chi connectivity index (χ1n) is 10.8. The number of carbonyl (C=O) groups is 2. The number of carbonyl (C=O) groups excluding carboxylic acids is 2. The van der Waals surface area contributed by atoms with E-state index in [0.717, 1.165) is 5.56 Å². The summed E-state index contributed by atoms with van der Waals surface area (Å²) in [5, 5.41) is 0.619. The third-order valence-corrected chi connectivity index (χ3v) is 7.70. The van der Waals surface area contributed by atoms with Crippen molar-refractivity contribution in [2.45, 2.75) is 45.4 Å². The van der Waals surface area contributed by atoms with E-state index in [9.17, 15) is 18.0 Å². The molecule has 0 spiro atoms. The Kier molecular flexibility index (Phi) is 8.37. The summed E-state index contributed by atoms with van der Waals surface area (Å²) >= 11 is 5.90. The number of rotatable bonds is 9. The van der Waals surface area contributed by atoms with Gasteiger partial charge in [-0.15, -0.1) is 0 Å². The Morgan fingerprint density at radius 2 is 1.85 bits per heavy atom. The van der Waals surface area contributed by atoms with Crippen molar-refractivity contribution in [1.82, 2.24) is 4.90 Å². The highest BCUT2D eigenvalue weighted by Gasteiger charge is 2.36. The second-order valence-corrected chi connectivity index (χ2v) is 10.8. The van der Waals surface area contributed by atoms with Gasteiger partial charge in [-0.1, -0.05) is 42.8 Å². The zero-order chi connectivity index (χ0) is 24.0. The number of hydrogen-bond acceptors (Lipinski definition) is 6. The van der Waals surface area contributed by atoms with Crippen LogP contribution < -0.4 is 4.74 Å². The van der Waals surface area contributed by atoms with Gasteiger partial charge in [0.2, 0.25) is 0 Å². The molecule has 1 heterocycles. The fraction of sp³-hybridized carbons (Fsp3) is 0.417. The van der Waals surface area contributed by atoms with Crippen LogP contribution in [-0.4, -0.2) is 55.4 Å². The molecule has 3 rings (SSSR count). The van der Waals surface area contributed by atoms with E-state index in [2.05, 4.69) is 0 Å². The van der Waals surface area contributed by atoms with E-state index in [4.69, 9.17) is 21.1 Å². The Morgan fingerprint density at radius 1 is 1.15 bits per heavy atom. The van der Waals surface area contributed by atoms with E-state index < -0.39 is 34.4 Å². The predicted molar refractivity (Wildman–Crippen MR) is 126 cm³/mol. The van der Waals surface area contributed by atoms with Gasteiger partial charge in [-0.05, 0) is 49.6 Å². The van der Waals surface area contributed by atoms with Crippen molar-refractivity contribution in [2.24, 2.45) is 0 Å². The minimum atomic E-state index is -3.15. The van der Waals surface area contributed by atoms with Crippen LogP contribution in [0.2, 0.25) is 5.02 Å². The number of ether oxygens (including phenoxy) is 2. The first-order valence-corrected chi connectivity index (χ1v) is 13.0. The van der Waals surface area contributed by atoms with Gasteiger partial charge in [-0.3, -0.25) is 4.79 Å². The zero-order valence-corrected chi connectivity index (χ0v) is 20.3. The lowest BCUT2D eigenvalue weighted by Gasteiger charge is -2.33. The lowest BCUT2D eigenvalue weighted by Crippen LogP contribution is -2.48. The van der Waals surface area contributed by atoms with Crippen LogP contribution in [0.15, 0.2) is 48.5 Å². The summed E-state index contributed by atoms with van der Waals surface area (Å²) in [4.78, 5) is 27.2. The van der Waals surface area contributed by atoms with Gasteiger partial charge >= 0.3 is 5.97 Å². The van der Waals surface area contributed by atoms with Crippen molar-refractivity contribution in [3.05, 3.63) is 64.7 Å². The Hall–Kier alpha value is -2.58. The summed E-state index contributed by atoms with van der Waals surface area (Å²) in [7, 11) is -3.15. The Balaban J connectivity index is 1.64. The average Bonchev–Trinajstić information content (AvgIpc) is 3.16. The highest BCUT2D eigenvalue weighted by Crippen LogP contribution is 2.23. The van der Waals surface area contributed by atoms with Gasteiger partial charge < -0.3 is 14.4 Å². The molecule has 1 aliphatic heterocycles. The zero-order valence-electron chi connectivity index (χ0n) is 18.7. The number of nitrogens with zero attached hydrogens (tertiary/aromatic N) is 1. The predicted octanol–water partition coefficient (Wildman–Crippen LogP) is 3.89. The van der Waals surface area contributed by atoms with Crippen molar-refractivity contribution >= 4 is 33.3 Å². The second kappa shape index (κ2) is 11.0. The van der Waals surface area contributed by atoms with E-state index in [1.54, 1.807) is 41.3 Å². The highest BCUT2D eigenvalue weighted by atomic mass is 35.5. The molecule has 1 fully saturated rings. The van der Waals surface area contributed by atoms with Crippen molar-refractivity contribution in [3.8, 4) is 5.75 Å². The van der Waals surface area contributed by atoms with Gasteiger partial charge in [-0.25, -0.2) is 13.2 Å². The van der Waals surface area contributed by atoms with Crippen LogP contribution in [0.3, 0.4) is 0 Å². The molecule has 0 bridgehead atoms. The molecule has 1 aliphatic rings. The molecule has 1 saturated heterocycles. The summed E-state index contributed by atoms with van der Waals surface area (Å²) in [6, 6.07) is 13.3. The molecule has 178 valence electrons. The third-order valence-electron chi connectivity index (χ3n) is 5.70. The van der Waals surface area contributed by atoms with Crippen LogP contribution in [0.1, 0.15) is 42.6 Å². The Labute approximate surface area is 199 Å². The van der Waals surface area contributed by atoms with Crippen LogP contribution >= 0.6 is 11.6 Å². The van der Waals surface area contributed by atoms with Crippen molar-refractivity contribution in [3.63, 3.8) is 0 Å². The molecule has 2 aromatic carbocycles. The molecule has 2 unspecified atom stereocenters. The summed E-state index contributed by atoms with van der Waals surface area (Å²) in [6.07, 6.45) is 1.06. The smallest absolute Gasteiger partial charge is 0.342 e. The first-order chi connectivity index (χ1) is 15.7. The molecule has 0 aromatic heterocycles. The quantitative estimate of drug-likeness (QED) is 0.492. The molecule has 0 radical (unpaired) electrons. The van der Waals surface area contributed by atoms with Crippen LogP contribution in [0.4, 0.5) is 0 Å². The van der Waals surface area contributed by atoms with Gasteiger partial charge in [0.25, 0.3) is 5.91 Å². The second-order valence-electron chi connectivity index (χ2n) is 8.10. The largest absolute Gasteiger partial charge is 0.488 e. The maximum atomic E-state index is 12.9. The molecule has 0 N–H and O–H groups in total. The monoisotopic (exact) mass is 493 g/mol. The Bertz CT molecular complexity index is 1090. The van der Waals surface area contributed by atoms with Crippen LogP contribution in [0.5, 0.6) is 5.75 Å². The molecular weight excluding hydrogens is 466 g/mol. The van der Waals surface area contributed by atoms with E-state index in [-0.39, 0.29) is 29.7 Å². The number of para-hydroxylation sites is 1. The molecular formula is C24H28ClNO6S. The van der Waals surface area contributed by atoms with Gasteiger partial charge in [0.15, 0.2) is 16.4 Å². The van der Waals surface area contributed by atoms with E-state index in [0.29, 0.717) is 23.6 Å². The van der Waals surface area contributed by atoms with Crippen molar-refractivity contribution in [1.29, 1.82) is 0 Å². The summed E-state index contributed by atoms with van der Waals surface area (Å²) in [5.74, 6) is -0.739. The van der Waals surface area contributed by atoms with Crippen LogP contribution in [-0.2, 0) is 26.0 Å². The molecule has 9 heteroatoms. The average molecular weight is 494 g/mol. The molecule has 33 heavy (non-hydrogen) atoms. The molecule has 0 aliphatic carbocycles. The summed E-state index contributed by atoms with van der Waals surface area (Å²) in [5.41, 5.74) is 1.09. The van der Waals surface area contributed by atoms with Crippen molar-refractivity contribution < 1.29 is 27.5 Å². The number of amides is 1.